The summed E-state index contributed by atoms with van der Waals surface area (Å²) in [6.45, 7) is 4.03. The molecule has 1 heterocycles. The van der Waals surface area contributed by atoms with E-state index >= 15 is 0 Å². The van der Waals surface area contributed by atoms with E-state index in [0.717, 1.165) is 17.9 Å². The summed E-state index contributed by atoms with van der Waals surface area (Å²) < 4.78 is 10.7. The highest BCUT2D eigenvalue weighted by atomic mass is 16.5. The third kappa shape index (κ3) is 2.88. The van der Waals surface area contributed by atoms with Gasteiger partial charge in [-0.3, -0.25) is 9.69 Å². The molecule has 0 spiro atoms. The number of benzene rings is 1. The molecular weight excluding hydrogens is 258 g/mol. The van der Waals surface area contributed by atoms with Crippen molar-refractivity contribution >= 4 is 5.97 Å². The summed E-state index contributed by atoms with van der Waals surface area (Å²) in [4.78, 5) is 13.3. The van der Waals surface area contributed by atoms with Crippen molar-refractivity contribution in [2.45, 2.75) is 13.5 Å². The van der Waals surface area contributed by atoms with Crippen molar-refractivity contribution in [3.05, 3.63) is 23.8 Å². The van der Waals surface area contributed by atoms with Crippen LogP contribution in [0.25, 0.3) is 0 Å². The molecular formula is C15H21NO4. The highest BCUT2D eigenvalue weighted by Gasteiger charge is 2.34. The van der Waals surface area contributed by atoms with Gasteiger partial charge in [-0.2, -0.15) is 0 Å². The summed E-state index contributed by atoms with van der Waals surface area (Å²) in [5, 5.41) is 9.18. The fourth-order valence-corrected chi connectivity index (χ4v) is 2.84. The molecule has 0 bridgehead atoms. The first-order valence-electron chi connectivity index (χ1n) is 6.71. The Morgan fingerprint density at radius 2 is 2.10 bits per heavy atom. The van der Waals surface area contributed by atoms with Crippen molar-refractivity contribution in [3.63, 3.8) is 0 Å². The second-order valence-electron chi connectivity index (χ2n) is 5.27. The Morgan fingerprint density at radius 3 is 2.65 bits per heavy atom. The lowest BCUT2D eigenvalue weighted by Gasteiger charge is -2.18. The number of carboxylic acids is 1. The van der Waals surface area contributed by atoms with Gasteiger partial charge in [-0.1, -0.05) is 19.1 Å². The number of para-hydroxylation sites is 1. The van der Waals surface area contributed by atoms with Crippen LogP contribution in [-0.4, -0.2) is 43.3 Å². The van der Waals surface area contributed by atoms with Crippen LogP contribution in [-0.2, 0) is 11.3 Å². The molecule has 20 heavy (non-hydrogen) atoms. The van der Waals surface area contributed by atoms with Crippen molar-refractivity contribution in [1.29, 1.82) is 0 Å². The third-order valence-corrected chi connectivity index (χ3v) is 3.88. The van der Waals surface area contributed by atoms with E-state index in [9.17, 15) is 9.90 Å². The molecule has 1 fully saturated rings. The van der Waals surface area contributed by atoms with Crippen molar-refractivity contribution < 1.29 is 19.4 Å². The van der Waals surface area contributed by atoms with E-state index in [2.05, 4.69) is 4.90 Å². The number of ether oxygens (including phenoxy) is 2. The van der Waals surface area contributed by atoms with Gasteiger partial charge < -0.3 is 14.6 Å². The lowest BCUT2D eigenvalue weighted by molar-refractivity contribution is -0.142. The monoisotopic (exact) mass is 279 g/mol. The zero-order chi connectivity index (χ0) is 14.7. The summed E-state index contributed by atoms with van der Waals surface area (Å²) in [6, 6.07) is 5.76. The van der Waals surface area contributed by atoms with Gasteiger partial charge in [0.1, 0.15) is 0 Å². The van der Waals surface area contributed by atoms with Gasteiger partial charge >= 0.3 is 5.97 Å². The van der Waals surface area contributed by atoms with Crippen molar-refractivity contribution in [2.75, 3.05) is 27.3 Å². The predicted octanol–water partition coefficient (Wildman–Crippen LogP) is 1.86. The number of nitrogens with zero attached hydrogens (tertiary/aromatic N) is 1. The van der Waals surface area contributed by atoms with Gasteiger partial charge in [-0.15, -0.1) is 0 Å². The standard InChI is InChI=1S/C15H21NO4/c1-10-7-16(9-12(10)15(17)18)8-11-5-4-6-13(19-2)14(11)20-3/h4-6,10,12H,7-9H2,1-3H3,(H,17,18). The smallest absolute Gasteiger partial charge is 0.308 e. The third-order valence-electron chi connectivity index (χ3n) is 3.88. The van der Waals surface area contributed by atoms with Crippen molar-refractivity contribution in [3.8, 4) is 11.5 Å². The van der Waals surface area contributed by atoms with Crippen LogP contribution < -0.4 is 9.47 Å². The number of carboxylic acid groups (broad SMARTS) is 1. The maximum atomic E-state index is 11.2. The lowest BCUT2D eigenvalue weighted by Crippen LogP contribution is -2.23. The minimum Gasteiger partial charge on any atom is -0.493 e. The SMILES string of the molecule is COc1cccc(CN2CC(C)C(C(=O)O)C2)c1OC. The zero-order valence-electron chi connectivity index (χ0n) is 12.1. The van der Waals surface area contributed by atoms with Gasteiger partial charge in [-0.25, -0.2) is 0 Å². The van der Waals surface area contributed by atoms with E-state index < -0.39 is 5.97 Å². The first-order chi connectivity index (χ1) is 9.56. The molecule has 1 aromatic carbocycles. The molecule has 110 valence electrons. The Morgan fingerprint density at radius 1 is 1.35 bits per heavy atom. The van der Waals surface area contributed by atoms with Crippen LogP contribution in [0.5, 0.6) is 11.5 Å². The Labute approximate surface area is 119 Å². The maximum Gasteiger partial charge on any atom is 0.308 e. The summed E-state index contributed by atoms with van der Waals surface area (Å²) in [5.41, 5.74) is 1.02. The quantitative estimate of drug-likeness (QED) is 0.891. The first-order valence-corrected chi connectivity index (χ1v) is 6.71. The molecule has 2 unspecified atom stereocenters. The van der Waals surface area contributed by atoms with Crippen LogP contribution in [0.3, 0.4) is 0 Å². The van der Waals surface area contributed by atoms with E-state index in [-0.39, 0.29) is 11.8 Å². The second kappa shape index (κ2) is 6.13. The fourth-order valence-electron chi connectivity index (χ4n) is 2.84. The topological polar surface area (TPSA) is 59.0 Å². The number of rotatable bonds is 5. The van der Waals surface area contributed by atoms with Crippen LogP contribution in [0, 0.1) is 11.8 Å². The number of hydrogen-bond acceptors (Lipinski definition) is 4. The molecule has 5 nitrogen and oxygen atoms in total. The molecule has 2 atom stereocenters. The summed E-state index contributed by atoms with van der Waals surface area (Å²) in [7, 11) is 3.23. The highest BCUT2D eigenvalue weighted by Crippen LogP contribution is 2.33. The molecule has 0 radical (unpaired) electrons. The summed E-state index contributed by atoms with van der Waals surface area (Å²) in [6.07, 6.45) is 0. The van der Waals surface area contributed by atoms with Gasteiger partial charge in [0.2, 0.25) is 0 Å². The predicted molar refractivity (Wildman–Crippen MR) is 75.1 cm³/mol. The van der Waals surface area contributed by atoms with Crippen LogP contribution in [0.2, 0.25) is 0 Å². The van der Waals surface area contributed by atoms with E-state index in [4.69, 9.17) is 9.47 Å². The minimum atomic E-state index is -0.711. The van der Waals surface area contributed by atoms with Crippen LogP contribution in [0.1, 0.15) is 12.5 Å². The van der Waals surface area contributed by atoms with E-state index in [1.807, 2.05) is 25.1 Å². The van der Waals surface area contributed by atoms with Gasteiger partial charge in [0, 0.05) is 25.2 Å². The molecule has 1 N–H and O–H groups in total. The Kier molecular flexibility index (Phi) is 4.49. The van der Waals surface area contributed by atoms with Crippen molar-refractivity contribution in [2.24, 2.45) is 11.8 Å². The van der Waals surface area contributed by atoms with Crippen LogP contribution in [0.4, 0.5) is 0 Å². The molecule has 1 aromatic rings. The number of aliphatic carboxylic acids is 1. The number of hydrogen-bond donors (Lipinski definition) is 1. The maximum absolute atomic E-state index is 11.2. The van der Waals surface area contributed by atoms with Crippen molar-refractivity contribution in [1.82, 2.24) is 4.90 Å². The molecule has 0 aromatic heterocycles. The molecule has 1 aliphatic rings. The van der Waals surface area contributed by atoms with E-state index in [0.29, 0.717) is 18.8 Å². The number of methoxy groups -OCH3 is 2. The lowest BCUT2D eigenvalue weighted by atomic mass is 9.99. The minimum absolute atomic E-state index is 0.170. The molecule has 0 saturated carbocycles. The second-order valence-corrected chi connectivity index (χ2v) is 5.27. The zero-order valence-corrected chi connectivity index (χ0v) is 12.1. The summed E-state index contributed by atoms with van der Waals surface area (Å²) in [5.74, 6) is 0.599. The average Bonchev–Trinajstić information content (AvgIpc) is 2.79. The van der Waals surface area contributed by atoms with E-state index in [1.54, 1.807) is 14.2 Å². The van der Waals surface area contributed by atoms with E-state index in [1.165, 1.54) is 0 Å². The van der Waals surface area contributed by atoms with Gasteiger partial charge in [-0.05, 0) is 12.0 Å². The normalized spacial score (nSPS) is 22.8. The Hall–Kier alpha value is -1.75. The largest absolute Gasteiger partial charge is 0.493 e. The van der Waals surface area contributed by atoms with Gasteiger partial charge in [0.05, 0.1) is 20.1 Å². The molecule has 0 aliphatic carbocycles. The van der Waals surface area contributed by atoms with Crippen LogP contribution in [0.15, 0.2) is 18.2 Å². The number of likely N-dealkylation sites (tertiary alicyclic amines) is 1. The fraction of sp³-hybridized carbons (Fsp3) is 0.533. The average molecular weight is 279 g/mol. The highest BCUT2D eigenvalue weighted by molar-refractivity contribution is 5.71. The Balaban J connectivity index is 2.13. The molecule has 1 aliphatic heterocycles. The molecule has 1 saturated heterocycles. The Bertz CT molecular complexity index is 489. The molecule has 0 amide bonds. The summed E-state index contributed by atoms with van der Waals surface area (Å²) >= 11 is 0. The van der Waals surface area contributed by atoms with Crippen LogP contribution >= 0.6 is 0 Å². The first kappa shape index (κ1) is 14.7. The van der Waals surface area contributed by atoms with Gasteiger partial charge in [0.15, 0.2) is 11.5 Å². The van der Waals surface area contributed by atoms with Gasteiger partial charge in [0.25, 0.3) is 0 Å². The molecule has 2 rings (SSSR count). The number of carbonyl (C=O) groups is 1. The molecule has 5 heteroatoms.